The zero-order chi connectivity index (χ0) is 19.2. The molecule has 1 aromatic heterocycles. The number of hydrogen-bond donors (Lipinski definition) is 2. The van der Waals surface area contributed by atoms with Crippen molar-refractivity contribution in [1.29, 1.82) is 0 Å². The van der Waals surface area contributed by atoms with Gasteiger partial charge in [0, 0.05) is 11.9 Å². The number of methoxy groups -OCH3 is 2. The molecular formula is C20H21NO6. The molecule has 2 N–H and O–H groups in total. The molecule has 0 aliphatic carbocycles. The summed E-state index contributed by atoms with van der Waals surface area (Å²) in [6.45, 7) is 0.0714. The Morgan fingerprint density at radius 3 is 2.37 bits per heavy atom. The third-order valence-electron chi connectivity index (χ3n) is 4.02. The van der Waals surface area contributed by atoms with Crippen LogP contribution < -0.4 is 19.5 Å². The standard InChI is InChI=1S/C20H21NO6/c1-24-13-3-5-14(6-4-13)26-12-18-19(20(23)21-9-10-22)16-11-15(25-2)7-8-17(16)27-18/h3-8,11,22H,9-10,12H2,1-2H3,(H,21,23). The van der Waals surface area contributed by atoms with E-state index in [9.17, 15) is 4.79 Å². The van der Waals surface area contributed by atoms with Gasteiger partial charge in [-0.05, 0) is 42.5 Å². The molecule has 0 fully saturated rings. The number of carbonyl (C=O) groups excluding carboxylic acids is 1. The topological polar surface area (TPSA) is 90.2 Å². The number of aliphatic hydroxyl groups excluding tert-OH is 1. The SMILES string of the molecule is COc1ccc(OCc2oc3ccc(OC)cc3c2C(=O)NCCO)cc1. The van der Waals surface area contributed by atoms with Crippen LogP contribution >= 0.6 is 0 Å². The molecule has 0 saturated carbocycles. The van der Waals surface area contributed by atoms with Gasteiger partial charge in [-0.2, -0.15) is 0 Å². The van der Waals surface area contributed by atoms with Crippen LogP contribution in [0.4, 0.5) is 0 Å². The van der Waals surface area contributed by atoms with Crippen molar-refractivity contribution in [2.24, 2.45) is 0 Å². The number of rotatable bonds is 8. The van der Waals surface area contributed by atoms with Gasteiger partial charge >= 0.3 is 0 Å². The molecule has 0 aliphatic heterocycles. The fourth-order valence-electron chi connectivity index (χ4n) is 2.68. The van der Waals surface area contributed by atoms with E-state index in [4.69, 9.17) is 23.7 Å². The highest BCUT2D eigenvalue weighted by Gasteiger charge is 2.21. The first kappa shape index (κ1) is 18.6. The average Bonchev–Trinajstić information content (AvgIpc) is 3.08. The number of furan rings is 1. The fraction of sp³-hybridized carbons (Fsp3) is 0.250. The van der Waals surface area contributed by atoms with Gasteiger partial charge in [0.1, 0.15) is 29.4 Å². The fourth-order valence-corrected chi connectivity index (χ4v) is 2.68. The average molecular weight is 371 g/mol. The number of hydrogen-bond acceptors (Lipinski definition) is 6. The predicted octanol–water partition coefficient (Wildman–Crippen LogP) is 2.75. The lowest BCUT2D eigenvalue weighted by molar-refractivity contribution is 0.0942. The summed E-state index contributed by atoms with van der Waals surface area (Å²) >= 11 is 0. The molecule has 27 heavy (non-hydrogen) atoms. The van der Waals surface area contributed by atoms with E-state index in [2.05, 4.69) is 5.32 Å². The third-order valence-corrected chi connectivity index (χ3v) is 4.02. The maximum Gasteiger partial charge on any atom is 0.255 e. The Balaban J connectivity index is 1.90. The first-order valence-electron chi connectivity index (χ1n) is 8.41. The van der Waals surface area contributed by atoms with Crippen molar-refractivity contribution < 1.29 is 28.5 Å². The van der Waals surface area contributed by atoms with Crippen LogP contribution in [0.15, 0.2) is 46.9 Å². The Bertz CT molecular complexity index is 916. The number of amides is 1. The highest BCUT2D eigenvalue weighted by atomic mass is 16.5. The minimum Gasteiger partial charge on any atom is -0.497 e. The summed E-state index contributed by atoms with van der Waals surface area (Å²) in [6, 6.07) is 12.4. The second kappa shape index (κ2) is 8.46. The van der Waals surface area contributed by atoms with Crippen molar-refractivity contribution >= 4 is 16.9 Å². The van der Waals surface area contributed by atoms with Crippen molar-refractivity contribution in [3.8, 4) is 17.2 Å². The minimum absolute atomic E-state index is 0.0746. The number of benzene rings is 2. The van der Waals surface area contributed by atoms with Crippen LogP contribution in [0.3, 0.4) is 0 Å². The third kappa shape index (κ3) is 4.15. The van der Waals surface area contributed by atoms with Gasteiger partial charge < -0.3 is 29.1 Å². The lowest BCUT2D eigenvalue weighted by atomic mass is 10.1. The molecule has 1 heterocycles. The molecule has 0 aliphatic rings. The molecule has 3 rings (SSSR count). The highest BCUT2D eigenvalue weighted by Crippen LogP contribution is 2.30. The molecule has 0 saturated heterocycles. The molecule has 0 radical (unpaired) electrons. The smallest absolute Gasteiger partial charge is 0.255 e. The summed E-state index contributed by atoms with van der Waals surface area (Å²) in [5, 5.41) is 12.3. The summed E-state index contributed by atoms with van der Waals surface area (Å²) < 4.78 is 22.0. The molecule has 2 aromatic carbocycles. The minimum atomic E-state index is -0.343. The predicted molar refractivity (Wildman–Crippen MR) is 99.5 cm³/mol. The van der Waals surface area contributed by atoms with Gasteiger partial charge in [-0.25, -0.2) is 0 Å². The maximum absolute atomic E-state index is 12.6. The van der Waals surface area contributed by atoms with Gasteiger partial charge in [-0.1, -0.05) is 0 Å². The van der Waals surface area contributed by atoms with Crippen LogP contribution in [-0.4, -0.2) is 38.4 Å². The summed E-state index contributed by atoms with van der Waals surface area (Å²) in [7, 11) is 3.15. The number of nitrogens with one attached hydrogen (secondary N) is 1. The van der Waals surface area contributed by atoms with Crippen molar-refractivity contribution in [2.75, 3.05) is 27.4 Å². The monoisotopic (exact) mass is 371 g/mol. The van der Waals surface area contributed by atoms with E-state index in [1.54, 1.807) is 56.7 Å². The van der Waals surface area contributed by atoms with E-state index >= 15 is 0 Å². The molecule has 142 valence electrons. The summed E-state index contributed by atoms with van der Waals surface area (Å²) in [5.74, 6) is 2.01. The number of aliphatic hydroxyl groups is 1. The molecule has 0 spiro atoms. The number of fused-ring (bicyclic) bond motifs is 1. The first-order valence-corrected chi connectivity index (χ1v) is 8.41. The molecule has 3 aromatic rings. The molecule has 0 unspecified atom stereocenters. The van der Waals surface area contributed by atoms with Crippen LogP contribution in [0.25, 0.3) is 11.0 Å². The molecule has 0 bridgehead atoms. The first-order chi connectivity index (χ1) is 13.2. The summed E-state index contributed by atoms with van der Waals surface area (Å²) in [6.07, 6.45) is 0. The Morgan fingerprint density at radius 2 is 1.70 bits per heavy atom. The van der Waals surface area contributed by atoms with Gasteiger partial charge in [0.25, 0.3) is 5.91 Å². The van der Waals surface area contributed by atoms with Crippen LogP contribution in [0.1, 0.15) is 16.1 Å². The Labute approximate surface area is 156 Å². The second-order valence-electron chi connectivity index (χ2n) is 5.71. The molecule has 0 atom stereocenters. The number of ether oxygens (including phenoxy) is 3. The van der Waals surface area contributed by atoms with Crippen molar-refractivity contribution in [2.45, 2.75) is 6.61 Å². The summed E-state index contributed by atoms with van der Waals surface area (Å²) in [5.41, 5.74) is 0.921. The van der Waals surface area contributed by atoms with E-state index in [1.165, 1.54) is 0 Å². The largest absolute Gasteiger partial charge is 0.497 e. The van der Waals surface area contributed by atoms with Crippen LogP contribution in [-0.2, 0) is 6.61 Å². The van der Waals surface area contributed by atoms with Gasteiger partial charge in [0.05, 0.1) is 26.4 Å². The van der Waals surface area contributed by atoms with E-state index in [0.29, 0.717) is 33.8 Å². The van der Waals surface area contributed by atoms with E-state index in [-0.39, 0.29) is 25.7 Å². The zero-order valence-corrected chi connectivity index (χ0v) is 15.2. The summed E-state index contributed by atoms with van der Waals surface area (Å²) in [4.78, 5) is 12.6. The molecule has 7 nitrogen and oxygen atoms in total. The Kier molecular flexibility index (Phi) is 5.83. The highest BCUT2D eigenvalue weighted by molar-refractivity contribution is 6.07. The molecule has 7 heteroatoms. The quantitative estimate of drug-likeness (QED) is 0.633. The van der Waals surface area contributed by atoms with Crippen molar-refractivity contribution in [1.82, 2.24) is 5.32 Å². The van der Waals surface area contributed by atoms with Gasteiger partial charge in [-0.15, -0.1) is 0 Å². The van der Waals surface area contributed by atoms with Crippen LogP contribution in [0.2, 0.25) is 0 Å². The molecule has 1 amide bonds. The van der Waals surface area contributed by atoms with Crippen LogP contribution in [0, 0.1) is 0 Å². The van der Waals surface area contributed by atoms with E-state index in [1.807, 2.05) is 0 Å². The second-order valence-corrected chi connectivity index (χ2v) is 5.71. The molecular weight excluding hydrogens is 350 g/mol. The Morgan fingerprint density at radius 1 is 1.04 bits per heavy atom. The van der Waals surface area contributed by atoms with Gasteiger partial charge in [0.15, 0.2) is 5.76 Å². The van der Waals surface area contributed by atoms with Crippen LogP contribution in [0.5, 0.6) is 17.2 Å². The Hall–Kier alpha value is -3.19. The lowest BCUT2D eigenvalue weighted by Crippen LogP contribution is -2.27. The number of carbonyl (C=O) groups is 1. The van der Waals surface area contributed by atoms with Crippen molar-refractivity contribution in [3.63, 3.8) is 0 Å². The van der Waals surface area contributed by atoms with E-state index < -0.39 is 0 Å². The zero-order valence-electron chi connectivity index (χ0n) is 15.2. The lowest BCUT2D eigenvalue weighted by Gasteiger charge is -2.08. The normalized spacial score (nSPS) is 10.6. The maximum atomic E-state index is 12.6. The van der Waals surface area contributed by atoms with E-state index in [0.717, 1.165) is 5.75 Å². The van der Waals surface area contributed by atoms with Gasteiger partial charge in [0.2, 0.25) is 0 Å². The van der Waals surface area contributed by atoms with Gasteiger partial charge in [-0.3, -0.25) is 4.79 Å². The van der Waals surface area contributed by atoms with Crippen molar-refractivity contribution in [3.05, 3.63) is 53.8 Å².